The minimum absolute atomic E-state index is 0.0241. The molecule has 4 heteroatoms. The van der Waals surface area contributed by atoms with Gasteiger partial charge < -0.3 is 10.0 Å². The first-order valence-electron chi connectivity index (χ1n) is 5.11. The molecule has 1 amide bonds. The zero-order valence-corrected chi connectivity index (χ0v) is 9.44. The predicted octanol–water partition coefficient (Wildman–Crippen LogP) is 2.45. The molecule has 0 saturated carbocycles. The third-order valence-corrected chi connectivity index (χ3v) is 2.77. The number of rotatable bonds is 1. The van der Waals surface area contributed by atoms with E-state index in [1.54, 1.807) is 11.0 Å². The van der Waals surface area contributed by atoms with Crippen LogP contribution in [0.1, 0.15) is 16.8 Å². The van der Waals surface area contributed by atoms with Crippen LogP contribution >= 0.6 is 11.6 Å². The van der Waals surface area contributed by atoms with Gasteiger partial charge in [0.2, 0.25) is 0 Å². The summed E-state index contributed by atoms with van der Waals surface area (Å²) >= 11 is 5.80. The summed E-state index contributed by atoms with van der Waals surface area (Å²) in [6.45, 7) is 1.27. The van der Waals surface area contributed by atoms with Crippen molar-refractivity contribution in [2.75, 3.05) is 13.1 Å². The first-order valence-corrected chi connectivity index (χ1v) is 5.49. The fourth-order valence-corrected chi connectivity index (χ4v) is 1.85. The maximum atomic E-state index is 12.0. The Labute approximate surface area is 98.9 Å². The number of hydrogen-bond donors (Lipinski definition) is 1. The van der Waals surface area contributed by atoms with Crippen LogP contribution in [0.5, 0.6) is 5.75 Å². The molecule has 1 aliphatic rings. The van der Waals surface area contributed by atoms with Crippen molar-refractivity contribution in [1.29, 1.82) is 0 Å². The van der Waals surface area contributed by atoms with Gasteiger partial charge in [0.05, 0.1) is 5.56 Å². The SMILES string of the molecule is O=C(c1cc(Cl)ccc1O)N1CC=CCC1. The van der Waals surface area contributed by atoms with Gasteiger partial charge in [-0.05, 0) is 24.6 Å². The van der Waals surface area contributed by atoms with Crippen LogP contribution < -0.4 is 0 Å². The van der Waals surface area contributed by atoms with Crippen LogP contribution in [0.2, 0.25) is 5.02 Å². The second kappa shape index (κ2) is 4.58. The van der Waals surface area contributed by atoms with Crippen molar-refractivity contribution in [2.45, 2.75) is 6.42 Å². The summed E-state index contributed by atoms with van der Waals surface area (Å²) in [5, 5.41) is 10.1. The summed E-state index contributed by atoms with van der Waals surface area (Å²) in [6.07, 6.45) is 4.84. The smallest absolute Gasteiger partial charge is 0.257 e. The normalized spacial score (nSPS) is 15.2. The van der Waals surface area contributed by atoms with Gasteiger partial charge in [-0.3, -0.25) is 4.79 Å². The molecule has 16 heavy (non-hydrogen) atoms. The average Bonchev–Trinajstić information content (AvgIpc) is 2.32. The van der Waals surface area contributed by atoms with E-state index in [1.807, 2.05) is 12.2 Å². The van der Waals surface area contributed by atoms with Gasteiger partial charge in [0.15, 0.2) is 0 Å². The number of phenols is 1. The number of amides is 1. The number of aromatic hydroxyl groups is 1. The highest BCUT2D eigenvalue weighted by atomic mass is 35.5. The molecule has 3 nitrogen and oxygen atoms in total. The molecular formula is C12H12ClNO2. The van der Waals surface area contributed by atoms with Gasteiger partial charge in [0.25, 0.3) is 5.91 Å². The number of hydrogen-bond acceptors (Lipinski definition) is 2. The third kappa shape index (κ3) is 2.19. The summed E-state index contributed by atoms with van der Waals surface area (Å²) in [4.78, 5) is 13.7. The minimum Gasteiger partial charge on any atom is -0.507 e. The van der Waals surface area contributed by atoms with Crippen LogP contribution in [0.25, 0.3) is 0 Å². The molecule has 0 aliphatic carbocycles. The second-order valence-electron chi connectivity index (χ2n) is 3.67. The molecule has 1 N–H and O–H groups in total. The Hall–Kier alpha value is -1.48. The highest BCUT2D eigenvalue weighted by Crippen LogP contribution is 2.23. The number of halogens is 1. The van der Waals surface area contributed by atoms with E-state index in [0.29, 0.717) is 18.1 Å². The first-order chi connectivity index (χ1) is 7.68. The van der Waals surface area contributed by atoms with Crippen molar-refractivity contribution in [1.82, 2.24) is 4.90 Å². The number of carbonyl (C=O) groups excluding carboxylic acids is 1. The Kier molecular flexibility index (Phi) is 3.15. The Morgan fingerprint density at radius 2 is 2.19 bits per heavy atom. The lowest BCUT2D eigenvalue weighted by molar-refractivity contribution is 0.0768. The maximum Gasteiger partial charge on any atom is 0.257 e. The fraction of sp³-hybridized carbons (Fsp3) is 0.250. The molecule has 1 aromatic carbocycles. The van der Waals surface area contributed by atoms with Crippen molar-refractivity contribution >= 4 is 17.5 Å². The van der Waals surface area contributed by atoms with Crippen LogP contribution in [0.4, 0.5) is 0 Å². The summed E-state index contributed by atoms with van der Waals surface area (Å²) in [7, 11) is 0. The molecule has 0 spiro atoms. The zero-order chi connectivity index (χ0) is 11.5. The molecule has 0 atom stereocenters. The highest BCUT2D eigenvalue weighted by Gasteiger charge is 2.19. The Bertz CT molecular complexity index is 443. The van der Waals surface area contributed by atoms with Crippen molar-refractivity contribution < 1.29 is 9.90 Å². The number of phenolic OH excluding ortho intramolecular Hbond substituents is 1. The van der Waals surface area contributed by atoms with E-state index in [9.17, 15) is 9.90 Å². The molecule has 0 fully saturated rings. The molecule has 0 radical (unpaired) electrons. The average molecular weight is 238 g/mol. The first kappa shape index (κ1) is 11.0. The van der Waals surface area contributed by atoms with Gasteiger partial charge in [0.1, 0.15) is 5.75 Å². The lowest BCUT2D eigenvalue weighted by atomic mass is 10.1. The number of carbonyl (C=O) groups is 1. The van der Waals surface area contributed by atoms with Crippen molar-refractivity contribution in [3.05, 3.63) is 40.9 Å². The Morgan fingerprint density at radius 3 is 2.88 bits per heavy atom. The maximum absolute atomic E-state index is 12.0. The van der Waals surface area contributed by atoms with Gasteiger partial charge in [0, 0.05) is 18.1 Å². The summed E-state index contributed by atoms with van der Waals surface area (Å²) in [5.41, 5.74) is 0.266. The standard InChI is InChI=1S/C12H12ClNO2/c13-9-4-5-11(15)10(8-9)12(16)14-6-2-1-3-7-14/h1-2,4-5,8,15H,3,6-7H2. The molecule has 1 aromatic rings. The van der Waals surface area contributed by atoms with E-state index in [0.717, 1.165) is 6.42 Å². The van der Waals surface area contributed by atoms with Crippen LogP contribution in [-0.2, 0) is 0 Å². The lowest BCUT2D eigenvalue weighted by Crippen LogP contribution is -2.33. The molecular weight excluding hydrogens is 226 g/mol. The van der Waals surface area contributed by atoms with Gasteiger partial charge in [-0.25, -0.2) is 0 Å². The van der Waals surface area contributed by atoms with Gasteiger partial charge in [-0.1, -0.05) is 23.8 Å². The lowest BCUT2D eigenvalue weighted by Gasteiger charge is -2.23. The third-order valence-electron chi connectivity index (χ3n) is 2.53. The number of benzene rings is 1. The van der Waals surface area contributed by atoms with Crippen molar-refractivity contribution in [3.8, 4) is 5.75 Å². The Balaban J connectivity index is 2.26. The molecule has 0 aromatic heterocycles. The monoisotopic (exact) mass is 237 g/mol. The van der Waals surface area contributed by atoms with Crippen LogP contribution in [0.3, 0.4) is 0 Å². The van der Waals surface area contributed by atoms with E-state index < -0.39 is 0 Å². The van der Waals surface area contributed by atoms with E-state index in [2.05, 4.69) is 0 Å². The number of nitrogens with zero attached hydrogens (tertiary/aromatic N) is 1. The van der Waals surface area contributed by atoms with E-state index in [1.165, 1.54) is 12.1 Å². The summed E-state index contributed by atoms with van der Waals surface area (Å²) in [5.74, 6) is -0.201. The highest BCUT2D eigenvalue weighted by molar-refractivity contribution is 6.31. The van der Waals surface area contributed by atoms with E-state index >= 15 is 0 Å². The van der Waals surface area contributed by atoms with Gasteiger partial charge in [-0.2, -0.15) is 0 Å². The molecule has 1 aliphatic heterocycles. The largest absolute Gasteiger partial charge is 0.507 e. The second-order valence-corrected chi connectivity index (χ2v) is 4.11. The molecule has 2 rings (SSSR count). The van der Waals surface area contributed by atoms with Crippen molar-refractivity contribution in [3.63, 3.8) is 0 Å². The van der Waals surface area contributed by atoms with E-state index in [4.69, 9.17) is 11.6 Å². The van der Waals surface area contributed by atoms with Gasteiger partial charge in [-0.15, -0.1) is 0 Å². The predicted molar refractivity (Wildman–Crippen MR) is 62.8 cm³/mol. The molecule has 0 saturated heterocycles. The zero-order valence-electron chi connectivity index (χ0n) is 8.69. The fourth-order valence-electron chi connectivity index (χ4n) is 1.68. The topological polar surface area (TPSA) is 40.5 Å². The molecule has 84 valence electrons. The molecule has 0 bridgehead atoms. The quantitative estimate of drug-likeness (QED) is 0.763. The van der Waals surface area contributed by atoms with Crippen LogP contribution in [0, 0.1) is 0 Å². The van der Waals surface area contributed by atoms with Crippen LogP contribution in [-0.4, -0.2) is 29.0 Å². The molecule has 1 heterocycles. The van der Waals surface area contributed by atoms with Crippen LogP contribution in [0.15, 0.2) is 30.4 Å². The van der Waals surface area contributed by atoms with Crippen molar-refractivity contribution in [2.24, 2.45) is 0 Å². The van der Waals surface area contributed by atoms with E-state index in [-0.39, 0.29) is 17.2 Å². The summed E-state index contributed by atoms with van der Waals surface area (Å²) in [6, 6.07) is 4.50. The Morgan fingerprint density at radius 1 is 1.38 bits per heavy atom. The van der Waals surface area contributed by atoms with Gasteiger partial charge >= 0.3 is 0 Å². The summed E-state index contributed by atoms with van der Waals surface area (Å²) < 4.78 is 0. The molecule has 0 unspecified atom stereocenters. The minimum atomic E-state index is -0.177.